The summed E-state index contributed by atoms with van der Waals surface area (Å²) in [7, 11) is 0. The highest BCUT2D eigenvalue weighted by atomic mass is 32.1. The van der Waals surface area contributed by atoms with Crippen molar-refractivity contribution in [2.24, 2.45) is 5.73 Å². The van der Waals surface area contributed by atoms with Gasteiger partial charge in [-0.2, -0.15) is 0 Å². The van der Waals surface area contributed by atoms with Gasteiger partial charge in [-0.25, -0.2) is 4.98 Å². The van der Waals surface area contributed by atoms with E-state index < -0.39 is 0 Å². The third-order valence-electron chi connectivity index (χ3n) is 3.72. The second-order valence-corrected chi connectivity index (χ2v) is 5.69. The molecule has 82 valence electrons. The van der Waals surface area contributed by atoms with Crippen LogP contribution in [-0.4, -0.2) is 28.0 Å². The summed E-state index contributed by atoms with van der Waals surface area (Å²) in [6, 6.07) is 1.89. The Morgan fingerprint density at radius 3 is 2.73 bits per heavy atom. The number of nitrogens with two attached hydrogens (primary N) is 1. The molecule has 0 aromatic carbocycles. The highest BCUT2D eigenvalue weighted by Gasteiger charge is 2.39. The molecule has 2 aliphatic rings. The van der Waals surface area contributed by atoms with Gasteiger partial charge in [0.15, 0.2) is 0 Å². The molecule has 3 rings (SSSR count). The van der Waals surface area contributed by atoms with Gasteiger partial charge in [-0.15, -0.1) is 11.3 Å². The predicted molar refractivity (Wildman–Crippen MR) is 61.7 cm³/mol. The topological polar surface area (TPSA) is 42.1 Å². The van der Waals surface area contributed by atoms with E-state index in [2.05, 4.69) is 15.3 Å². The predicted octanol–water partition coefficient (Wildman–Crippen LogP) is 1.60. The van der Waals surface area contributed by atoms with Crippen LogP contribution in [0.3, 0.4) is 0 Å². The molecule has 0 saturated carbocycles. The number of hydrogen-bond acceptors (Lipinski definition) is 4. The van der Waals surface area contributed by atoms with Crippen molar-refractivity contribution in [3.8, 4) is 0 Å². The first kappa shape index (κ1) is 9.75. The van der Waals surface area contributed by atoms with Gasteiger partial charge in [0.1, 0.15) is 5.01 Å². The number of hydrogen-bond donors (Lipinski definition) is 1. The van der Waals surface area contributed by atoms with E-state index in [0.717, 1.165) is 18.6 Å². The smallest absolute Gasteiger partial charge is 0.107 e. The van der Waals surface area contributed by atoms with Gasteiger partial charge < -0.3 is 5.73 Å². The van der Waals surface area contributed by atoms with Crippen LogP contribution in [0.4, 0.5) is 0 Å². The summed E-state index contributed by atoms with van der Waals surface area (Å²) in [6.45, 7) is 1.04. The number of thiazole rings is 1. The summed E-state index contributed by atoms with van der Waals surface area (Å²) in [5, 5.41) is 3.31. The van der Waals surface area contributed by atoms with Crippen molar-refractivity contribution >= 4 is 11.3 Å². The Balaban J connectivity index is 1.72. The molecule has 3 heterocycles. The molecule has 1 unspecified atom stereocenters. The molecule has 2 bridgehead atoms. The molecule has 0 amide bonds. The number of piperidine rings is 1. The first-order valence-corrected chi connectivity index (χ1v) is 6.60. The number of fused-ring (bicyclic) bond motifs is 2. The molecule has 0 aliphatic carbocycles. The average Bonchev–Trinajstić information content (AvgIpc) is 2.77. The Hall–Kier alpha value is -0.450. The monoisotopic (exact) mass is 223 g/mol. The van der Waals surface area contributed by atoms with Crippen molar-refractivity contribution in [3.63, 3.8) is 0 Å². The summed E-state index contributed by atoms with van der Waals surface area (Å²) in [4.78, 5) is 7.00. The molecule has 2 aliphatic heterocycles. The van der Waals surface area contributed by atoms with Crippen molar-refractivity contribution in [1.29, 1.82) is 0 Å². The molecule has 2 fully saturated rings. The minimum atomic E-state index is 0.440. The van der Waals surface area contributed by atoms with Gasteiger partial charge in [-0.05, 0) is 25.7 Å². The lowest BCUT2D eigenvalue weighted by Gasteiger charge is -2.37. The highest BCUT2D eigenvalue weighted by Crippen LogP contribution is 2.36. The lowest BCUT2D eigenvalue weighted by atomic mass is 9.98. The van der Waals surface area contributed by atoms with Crippen LogP contribution in [0.5, 0.6) is 0 Å². The number of nitrogens with zero attached hydrogens (tertiary/aromatic N) is 2. The quantitative estimate of drug-likeness (QED) is 0.828. The molecule has 0 radical (unpaired) electrons. The summed E-state index contributed by atoms with van der Waals surface area (Å²) in [6.07, 6.45) is 6.94. The fraction of sp³-hybridized carbons (Fsp3) is 0.727. The van der Waals surface area contributed by atoms with Crippen molar-refractivity contribution in [2.75, 3.05) is 0 Å². The van der Waals surface area contributed by atoms with Crippen LogP contribution >= 0.6 is 11.3 Å². The van der Waals surface area contributed by atoms with Gasteiger partial charge in [-0.1, -0.05) is 0 Å². The van der Waals surface area contributed by atoms with Gasteiger partial charge in [0.25, 0.3) is 0 Å². The van der Waals surface area contributed by atoms with Crippen LogP contribution in [0.2, 0.25) is 0 Å². The lowest BCUT2D eigenvalue weighted by Crippen LogP contribution is -2.46. The molecule has 1 aromatic heterocycles. The molecule has 0 spiro atoms. The van der Waals surface area contributed by atoms with Crippen LogP contribution in [0.25, 0.3) is 0 Å². The fourth-order valence-corrected chi connectivity index (χ4v) is 3.69. The molecule has 1 aromatic rings. The van der Waals surface area contributed by atoms with Crippen molar-refractivity contribution in [1.82, 2.24) is 9.88 Å². The Labute approximate surface area is 94.3 Å². The van der Waals surface area contributed by atoms with E-state index in [1.165, 1.54) is 30.7 Å². The minimum Gasteiger partial charge on any atom is -0.328 e. The zero-order valence-electron chi connectivity index (χ0n) is 8.80. The van der Waals surface area contributed by atoms with Crippen molar-refractivity contribution in [3.05, 3.63) is 16.6 Å². The van der Waals surface area contributed by atoms with Crippen LogP contribution in [0.15, 0.2) is 11.6 Å². The van der Waals surface area contributed by atoms with Gasteiger partial charge in [0.05, 0.1) is 6.54 Å². The first-order valence-electron chi connectivity index (χ1n) is 5.72. The number of rotatable bonds is 2. The molecular formula is C11H17N3S. The molecule has 4 heteroatoms. The van der Waals surface area contributed by atoms with E-state index in [-0.39, 0.29) is 0 Å². The van der Waals surface area contributed by atoms with Gasteiger partial charge in [-0.3, -0.25) is 4.90 Å². The molecule has 2 saturated heterocycles. The highest BCUT2D eigenvalue weighted by molar-refractivity contribution is 7.09. The van der Waals surface area contributed by atoms with Crippen LogP contribution in [0, 0.1) is 0 Å². The SMILES string of the molecule is NC1C[C@H]2CC[C@@H](C1)N2Cc1nccs1. The largest absolute Gasteiger partial charge is 0.328 e. The van der Waals surface area contributed by atoms with E-state index in [0.29, 0.717) is 6.04 Å². The summed E-state index contributed by atoms with van der Waals surface area (Å²) in [5.41, 5.74) is 6.05. The zero-order valence-corrected chi connectivity index (χ0v) is 9.62. The Kier molecular flexibility index (Phi) is 2.50. The second kappa shape index (κ2) is 3.85. The van der Waals surface area contributed by atoms with E-state index in [4.69, 9.17) is 5.73 Å². The molecule has 15 heavy (non-hydrogen) atoms. The summed E-state index contributed by atoms with van der Waals surface area (Å²) >= 11 is 1.77. The normalized spacial score (nSPS) is 35.9. The van der Waals surface area contributed by atoms with Crippen LogP contribution < -0.4 is 5.73 Å². The van der Waals surface area contributed by atoms with Crippen molar-refractivity contribution < 1.29 is 0 Å². The zero-order chi connectivity index (χ0) is 10.3. The van der Waals surface area contributed by atoms with Gasteiger partial charge >= 0.3 is 0 Å². The van der Waals surface area contributed by atoms with Crippen LogP contribution in [-0.2, 0) is 6.54 Å². The Bertz CT molecular complexity index is 311. The lowest BCUT2D eigenvalue weighted by molar-refractivity contribution is 0.120. The number of aromatic nitrogens is 1. The maximum atomic E-state index is 6.05. The average molecular weight is 223 g/mol. The van der Waals surface area contributed by atoms with Crippen LogP contribution in [0.1, 0.15) is 30.7 Å². The van der Waals surface area contributed by atoms with E-state index in [1.54, 1.807) is 11.3 Å². The van der Waals surface area contributed by atoms with E-state index >= 15 is 0 Å². The fourth-order valence-electron chi connectivity index (χ4n) is 3.06. The van der Waals surface area contributed by atoms with Gasteiger partial charge in [0, 0.05) is 29.7 Å². The first-order chi connectivity index (χ1) is 7.33. The summed E-state index contributed by atoms with van der Waals surface area (Å²) in [5.74, 6) is 0. The minimum absolute atomic E-state index is 0.440. The summed E-state index contributed by atoms with van der Waals surface area (Å²) < 4.78 is 0. The van der Waals surface area contributed by atoms with Crippen molar-refractivity contribution in [2.45, 2.75) is 50.4 Å². The Morgan fingerprint density at radius 1 is 1.40 bits per heavy atom. The third-order valence-corrected chi connectivity index (χ3v) is 4.49. The van der Waals surface area contributed by atoms with Gasteiger partial charge in [0.2, 0.25) is 0 Å². The van der Waals surface area contributed by atoms with E-state index in [9.17, 15) is 0 Å². The molecule has 2 N–H and O–H groups in total. The standard InChI is InChI=1S/C11H17N3S/c12-8-5-9-1-2-10(6-8)14(9)7-11-13-3-4-15-11/h3-4,8-10H,1-2,5-7,12H2/t8?,9-,10+. The maximum absolute atomic E-state index is 6.05. The molecule has 3 nitrogen and oxygen atoms in total. The maximum Gasteiger partial charge on any atom is 0.107 e. The Morgan fingerprint density at radius 2 is 2.13 bits per heavy atom. The molecular weight excluding hydrogens is 206 g/mol. The van der Waals surface area contributed by atoms with E-state index in [1.807, 2.05) is 6.20 Å². The second-order valence-electron chi connectivity index (χ2n) is 4.71. The third kappa shape index (κ3) is 1.82. The molecule has 3 atom stereocenters.